The van der Waals surface area contributed by atoms with Gasteiger partial charge in [0.2, 0.25) is 5.95 Å². The molecule has 1 amide bonds. The lowest BCUT2D eigenvalue weighted by atomic mass is 9.90. The minimum atomic E-state index is -0.515. The molecule has 8 nitrogen and oxygen atoms in total. The first-order valence-electron chi connectivity index (χ1n) is 12.7. The number of benzene rings is 2. The van der Waals surface area contributed by atoms with Gasteiger partial charge in [-0.15, -0.1) is 0 Å². The first-order chi connectivity index (χ1) is 17.7. The molecule has 1 fully saturated rings. The number of carbonyl (C=O) groups is 1. The van der Waals surface area contributed by atoms with Crippen molar-refractivity contribution >= 4 is 17.1 Å². The quantitative estimate of drug-likeness (QED) is 0.378. The van der Waals surface area contributed by atoms with Crippen molar-refractivity contribution in [3.63, 3.8) is 0 Å². The number of hydrogen-bond donors (Lipinski definition) is 2. The lowest BCUT2D eigenvalue weighted by Gasteiger charge is -2.33. The number of hydrogen-bond acceptors (Lipinski definition) is 4. The van der Waals surface area contributed by atoms with E-state index < -0.39 is 5.60 Å². The number of H-pyrrole nitrogens is 2. The molecule has 0 spiro atoms. The highest BCUT2D eigenvalue weighted by Crippen LogP contribution is 2.27. The Bertz CT molecular complexity index is 1420. The first-order valence-corrected chi connectivity index (χ1v) is 12.7. The largest absolute Gasteiger partial charge is 0.444 e. The lowest BCUT2D eigenvalue weighted by molar-refractivity contribution is 0.0181. The van der Waals surface area contributed by atoms with Gasteiger partial charge in [0, 0.05) is 24.2 Å². The van der Waals surface area contributed by atoms with E-state index in [-0.39, 0.29) is 17.5 Å². The van der Waals surface area contributed by atoms with Gasteiger partial charge in [0.1, 0.15) is 11.4 Å². The fraction of sp³-hybridized carbons (Fsp3) is 0.393. The van der Waals surface area contributed by atoms with Gasteiger partial charge < -0.3 is 14.6 Å². The molecule has 1 saturated heterocycles. The van der Waals surface area contributed by atoms with Gasteiger partial charge >= 0.3 is 6.09 Å². The van der Waals surface area contributed by atoms with Gasteiger partial charge in [-0.2, -0.15) is 4.68 Å². The molecule has 2 N–H and O–H groups in total. The normalized spacial score (nSPS) is 14.9. The molecule has 4 aromatic rings. The lowest BCUT2D eigenvalue weighted by Crippen LogP contribution is -2.41. The van der Waals surface area contributed by atoms with Crippen LogP contribution in [0.4, 0.5) is 9.18 Å². The molecule has 5 rings (SSSR count). The van der Waals surface area contributed by atoms with Crippen LogP contribution in [0.15, 0.2) is 53.3 Å². The number of para-hydroxylation sites is 2. The Morgan fingerprint density at radius 3 is 2.49 bits per heavy atom. The maximum Gasteiger partial charge on any atom is 0.410 e. The molecule has 2 aromatic heterocycles. The van der Waals surface area contributed by atoms with E-state index in [2.05, 4.69) is 15.1 Å². The third-order valence-corrected chi connectivity index (χ3v) is 6.78. The number of aromatic nitrogens is 4. The molecule has 0 radical (unpaired) electrons. The van der Waals surface area contributed by atoms with E-state index in [1.165, 1.54) is 16.8 Å². The summed E-state index contributed by atoms with van der Waals surface area (Å²) in [5, 5.41) is 3.21. The maximum atomic E-state index is 13.6. The zero-order chi connectivity index (χ0) is 26.2. The zero-order valence-electron chi connectivity index (χ0n) is 21.4. The molecule has 0 bridgehead atoms. The molecule has 0 unspecified atom stereocenters. The van der Waals surface area contributed by atoms with Crippen LogP contribution in [0.1, 0.15) is 45.6 Å². The number of piperidine rings is 1. The van der Waals surface area contributed by atoms with Crippen LogP contribution in [-0.2, 0) is 11.2 Å². The number of halogens is 1. The summed E-state index contributed by atoms with van der Waals surface area (Å²) in [6, 6.07) is 13.7. The maximum absolute atomic E-state index is 13.6. The second-order valence-corrected chi connectivity index (χ2v) is 10.6. The van der Waals surface area contributed by atoms with Crippen molar-refractivity contribution in [2.45, 2.75) is 52.1 Å². The summed E-state index contributed by atoms with van der Waals surface area (Å²) in [5.41, 5.74) is 2.95. The Morgan fingerprint density at radius 2 is 1.81 bits per heavy atom. The average molecular weight is 506 g/mol. The van der Waals surface area contributed by atoms with E-state index in [9.17, 15) is 14.0 Å². The van der Waals surface area contributed by atoms with Crippen molar-refractivity contribution in [1.82, 2.24) is 24.6 Å². The topological polar surface area (TPSA) is 96.0 Å². The Balaban J connectivity index is 1.36. The molecular formula is C28H32FN5O3. The zero-order valence-corrected chi connectivity index (χ0v) is 21.4. The number of nitrogens with zero attached hydrogens (tertiary/aromatic N) is 3. The number of fused-ring (bicyclic) bond motifs is 1. The molecule has 1 aliphatic rings. The van der Waals surface area contributed by atoms with Crippen molar-refractivity contribution in [2.24, 2.45) is 5.92 Å². The Labute approximate surface area is 214 Å². The molecule has 2 aromatic carbocycles. The number of likely N-dealkylation sites (tertiary alicyclic amines) is 1. The van der Waals surface area contributed by atoms with Gasteiger partial charge in [-0.3, -0.25) is 9.89 Å². The number of carbonyl (C=O) groups excluding carboxylic acids is 1. The van der Waals surface area contributed by atoms with Crippen LogP contribution in [0.5, 0.6) is 0 Å². The Kier molecular flexibility index (Phi) is 6.62. The molecule has 3 heterocycles. The van der Waals surface area contributed by atoms with E-state index in [1.54, 1.807) is 17.0 Å². The average Bonchev–Trinajstić information content (AvgIpc) is 3.43. The monoisotopic (exact) mass is 505 g/mol. The van der Waals surface area contributed by atoms with E-state index >= 15 is 0 Å². The van der Waals surface area contributed by atoms with E-state index in [0.29, 0.717) is 42.6 Å². The van der Waals surface area contributed by atoms with Gasteiger partial charge in [-0.05, 0) is 88.8 Å². The summed E-state index contributed by atoms with van der Waals surface area (Å²) in [4.78, 5) is 35.5. The van der Waals surface area contributed by atoms with Crippen molar-refractivity contribution < 1.29 is 13.9 Å². The summed E-state index contributed by atoms with van der Waals surface area (Å²) in [6.45, 7) is 6.88. The number of ether oxygens (including phenoxy) is 1. The van der Waals surface area contributed by atoms with E-state index in [4.69, 9.17) is 4.74 Å². The van der Waals surface area contributed by atoms with Gasteiger partial charge in [-0.25, -0.2) is 14.2 Å². The van der Waals surface area contributed by atoms with Crippen LogP contribution < -0.4 is 5.56 Å². The van der Waals surface area contributed by atoms with Crippen molar-refractivity contribution in [3.05, 3.63) is 70.3 Å². The SMILES string of the molecule is CC(C)(C)OC(=O)N1CCC(CCc2c(-c3ccc(F)cc3)[nH]n(-c3nc4ccccc4[nH]3)c2=O)CC1. The summed E-state index contributed by atoms with van der Waals surface area (Å²) in [6.07, 6.45) is 2.81. The number of aromatic amines is 2. The minimum absolute atomic E-state index is 0.176. The third-order valence-electron chi connectivity index (χ3n) is 6.78. The smallest absolute Gasteiger partial charge is 0.410 e. The van der Waals surface area contributed by atoms with Crippen molar-refractivity contribution in [3.8, 4) is 17.2 Å². The third kappa shape index (κ3) is 5.45. The van der Waals surface area contributed by atoms with Crippen LogP contribution in [0, 0.1) is 11.7 Å². The molecule has 1 aliphatic heterocycles. The fourth-order valence-corrected chi connectivity index (χ4v) is 4.83. The number of rotatable bonds is 5. The highest BCUT2D eigenvalue weighted by atomic mass is 19.1. The number of nitrogens with one attached hydrogen (secondary N) is 2. The molecular weight excluding hydrogens is 473 g/mol. The highest BCUT2D eigenvalue weighted by Gasteiger charge is 2.27. The summed E-state index contributed by atoms with van der Waals surface area (Å²) in [5.74, 6) is 0.460. The first kappa shape index (κ1) is 24.8. The predicted molar refractivity (Wildman–Crippen MR) is 140 cm³/mol. The molecule has 37 heavy (non-hydrogen) atoms. The number of amides is 1. The van der Waals surface area contributed by atoms with Gasteiger partial charge in [0.25, 0.3) is 5.56 Å². The standard InChI is InChI=1S/C28H32FN5O3/c1-28(2,3)37-27(36)33-16-14-18(15-17-33)8-13-21-24(19-9-11-20(29)12-10-19)32-34(25(21)35)26-30-22-6-4-5-7-23(22)31-26/h4-7,9-12,18,32H,8,13-17H2,1-3H3,(H,30,31). The molecule has 0 atom stereocenters. The summed E-state index contributed by atoms with van der Waals surface area (Å²) >= 11 is 0. The molecule has 9 heteroatoms. The second kappa shape index (κ2) is 9.88. The van der Waals surface area contributed by atoms with Crippen LogP contribution in [0.3, 0.4) is 0 Å². The summed E-state index contributed by atoms with van der Waals surface area (Å²) in [7, 11) is 0. The van der Waals surface area contributed by atoms with E-state index in [1.807, 2.05) is 45.0 Å². The molecule has 194 valence electrons. The van der Waals surface area contributed by atoms with Crippen LogP contribution in [0.2, 0.25) is 0 Å². The second-order valence-electron chi connectivity index (χ2n) is 10.6. The van der Waals surface area contributed by atoms with Crippen LogP contribution >= 0.6 is 0 Å². The molecule has 0 saturated carbocycles. The van der Waals surface area contributed by atoms with E-state index in [0.717, 1.165) is 35.9 Å². The van der Waals surface area contributed by atoms with Gasteiger partial charge in [0.05, 0.1) is 16.7 Å². The summed E-state index contributed by atoms with van der Waals surface area (Å²) < 4.78 is 20.5. The Morgan fingerprint density at radius 1 is 1.11 bits per heavy atom. The molecule has 0 aliphatic carbocycles. The van der Waals surface area contributed by atoms with Crippen LogP contribution in [0.25, 0.3) is 28.2 Å². The van der Waals surface area contributed by atoms with Crippen molar-refractivity contribution in [1.29, 1.82) is 0 Å². The van der Waals surface area contributed by atoms with Gasteiger partial charge in [0.15, 0.2) is 0 Å². The minimum Gasteiger partial charge on any atom is -0.444 e. The van der Waals surface area contributed by atoms with Gasteiger partial charge in [-0.1, -0.05) is 12.1 Å². The van der Waals surface area contributed by atoms with Crippen LogP contribution in [-0.4, -0.2) is 49.4 Å². The number of imidazole rings is 1. The van der Waals surface area contributed by atoms with Crippen molar-refractivity contribution in [2.75, 3.05) is 13.1 Å². The highest BCUT2D eigenvalue weighted by molar-refractivity contribution is 5.76. The predicted octanol–water partition coefficient (Wildman–Crippen LogP) is 5.43. The fourth-order valence-electron chi connectivity index (χ4n) is 4.83. The Hall–Kier alpha value is -3.88.